The Bertz CT molecular complexity index is 814. The normalized spacial score (nSPS) is 10.8. The highest BCUT2D eigenvalue weighted by Crippen LogP contribution is 2.39. The second kappa shape index (κ2) is 5.29. The number of halogens is 3. The fraction of sp³-hybridized carbons (Fsp3) is 0. The van der Waals surface area contributed by atoms with Crippen molar-refractivity contribution in [3.8, 4) is 22.4 Å². The summed E-state index contributed by atoms with van der Waals surface area (Å²) in [5.41, 5.74) is 7.57. The van der Waals surface area contributed by atoms with E-state index in [1.165, 1.54) is 12.1 Å². The molecular formula is C15H10BrF2N3. The molecule has 0 amide bonds. The van der Waals surface area contributed by atoms with E-state index in [1.807, 2.05) is 0 Å². The molecule has 0 aliphatic rings. The fourth-order valence-corrected chi connectivity index (χ4v) is 2.65. The van der Waals surface area contributed by atoms with E-state index >= 15 is 0 Å². The number of aromatic amines is 1. The van der Waals surface area contributed by atoms with Crippen LogP contribution in [0.1, 0.15) is 0 Å². The first-order chi connectivity index (χ1) is 10.1. The highest BCUT2D eigenvalue weighted by molar-refractivity contribution is 9.10. The number of nitrogens with zero attached hydrogens (tertiary/aromatic N) is 1. The van der Waals surface area contributed by atoms with Gasteiger partial charge in [0.2, 0.25) is 0 Å². The summed E-state index contributed by atoms with van der Waals surface area (Å²) in [5.74, 6) is -0.675. The summed E-state index contributed by atoms with van der Waals surface area (Å²) in [6.45, 7) is 0. The summed E-state index contributed by atoms with van der Waals surface area (Å²) in [5, 5.41) is 6.67. The Kier molecular flexibility index (Phi) is 3.47. The van der Waals surface area contributed by atoms with Crippen molar-refractivity contribution in [1.29, 1.82) is 0 Å². The smallest absolute Gasteiger partial charge is 0.153 e. The summed E-state index contributed by atoms with van der Waals surface area (Å²) in [6, 6.07) is 10.8. The van der Waals surface area contributed by atoms with Gasteiger partial charge in [0.25, 0.3) is 0 Å². The molecule has 0 bridgehead atoms. The molecular weight excluding hydrogens is 340 g/mol. The molecule has 1 heterocycles. The van der Waals surface area contributed by atoms with E-state index in [0.29, 0.717) is 22.4 Å². The van der Waals surface area contributed by atoms with E-state index in [-0.39, 0.29) is 10.3 Å². The van der Waals surface area contributed by atoms with Gasteiger partial charge < -0.3 is 5.73 Å². The number of hydrogen-bond acceptors (Lipinski definition) is 2. The van der Waals surface area contributed by atoms with Crippen LogP contribution in [-0.2, 0) is 0 Å². The quantitative estimate of drug-likeness (QED) is 0.721. The summed E-state index contributed by atoms with van der Waals surface area (Å²) in [6.07, 6.45) is 0. The van der Waals surface area contributed by atoms with Gasteiger partial charge in [0.1, 0.15) is 11.6 Å². The molecule has 21 heavy (non-hydrogen) atoms. The van der Waals surface area contributed by atoms with E-state index in [2.05, 4.69) is 26.1 Å². The zero-order valence-corrected chi connectivity index (χ0v) is 12.3. The van der Waals surface area contributed by atoms with Crippen LogP contribution in [0.25, 0.3) is 22.4 Å². The molecule has 0 spiro atoms. The van der Waals surface area contributed by atoms with E-state index in [0.717, 1.165) is 0 Å². The molecule has 0 atom stereocenters. The molecule has 0 saturated heterocycles. The molecule has 2 aromatic carbocycles. The Morgan fingerprint density at radius 1 is 0.952 bits per heavy atom. The Balaban J connectivity index is 2.28. The van der Waals surface area contributed by atoms with Crippen LogP contribution in [0.5, 0.6) is 0 Å². The lowest BCUT2D eigenvalue weighted by molar-refractivity contribution is 0.621. The zero-order chi connectivity index (χ0) is 15.0. The first-order valence-electron chi connectivity index (χ1n) is 6.12. The number of benzene rings is 2. The van der Waals surface area contributed by atoms with Crippen LogP contribution >= 0.6 is 15.9 Å². The summed E-state index contributed by atoms with van der Waals surface area (Å²) >= 11 is 3.19. The molecule has 0 radical (unpaired) electrons. The predicted octanol–water partition coefficient (Wildman–Crippen LogP) is 4.37. The molecule has 0 unspecified atom stereocenters. The monoisotopic (exact) mass is 349 g/mol. The van der Waals surface area contributed by atoms with Gasteiger partial charge >= 0.3 is 0 Å². The summed E-state index contributed by atoms with van der Waals surface area (Å²) < 4.78 is 28.0. The largest absolute Gasteiger partial charge is 0.382 e. The zero-order valence-electron chi connectivity index (χ0n) is 10.7. The van der Waals surface area contributed by atoms with Crippen molar-refractivity contribution in [3.63, 3.8) is 0 Å². The number of nitrogens with one attached hydrogen (secondary N) is 1. The molecule has 3 nitrogen and oxygen atoms in total. The van der Waals surface area contributed by atoms with Crippen molar-refractivity contribution in [2.24, 2.45) is 0 Å². The minimum absolute atomic E-state index is 0.159. The third kappa shape index (κ3) is 2.31. The van der Waals surface area contributed by atoms with Gasteiger partial charge in [-0.15, -0.1) is 0 Å². The third-order valence-corrected chi connectivity index (χ3v) is 3.96. The van der Waals surface area contributed by atoms with Crippen molar-refractivity contribution < 1.29 is 8.78 Å². The Hall–Kier alpha value is -2.21. The molecule has 6 heteroatoms. The van der Waals surface area contributed by atoms with Crippen molar-refractivity contribution in [3.05, 3.63) is 58.6 Å². The lowest BCUT2D eigenvalue weighted by Gasteiger charge is -2.08. The van der Waals surface area contributed by atoms with Crippen LogP contribution in [0.2, 0.25) is 0 Å². The van der Waals surface area contributed by atoms with Gasteiger partial charge in [0.15, 0.2) is 5.82 Å². The van der Waals surface area contributed by atoms with Gasteiger partial charge in [-0.1, -0.05) is 30.3 Å². The molecule has 0 aliphatic carbocycles. The average molecular weight is 350 g/mol. The van der Waals surface area contributed by atoms with Crippen molar-refractivity contribution in [1.82, 2.24) is 10.2 Å². The highest BCUT2D eigenvalue weighted by Gasteiger charge is 2.20. The molecule has 0 saturated carbocycles. The van der Waals surface area contributed by atoms with Crippen molar-refractivity contribution >= 4 is 21.7 Å². The maximum Gasteiger partial charge on any atom is 0.153 e. The number of rotatable bonds is 2. The Morgan fingerprint density at radius 3 is 2.38 bits per heavy atom. The fourth-order valence-electron chi connectivity index (χ4n) is 2.18. The Morgan fingerprint density at radius 2 is 1.62 bits per heavy atom. The topological polar surface area (TPSA) is 54.7 Å². The average Bonchev–Trinajstić information content (AvgIpc) is 2.84. The van der Waals surface area contributed by atoms with Gasteiger partial charge in [-0.2, -0.15) is 5.10 Å². The van der Waals surface area contributed by atoms with Crippen LogP contribution in [0, 0.1) is 11.6 Å². The SMILES string of the molecule is Nc1n[nH]c(-c2cccc(F)c2Br)c1-c1ccccc1F. The molecule has 1 aromatic heterocycles. The second-order valence-corrected chi connectivity index (χ2v) is 5.23. The third-order valence-electron chi connectivity index (χ3n) is 3.16. The van der Waals surface area contributed by atoms with Gasteiger partial charge in [0.05, 0.1) is 15.7 Å². The first-order valence-corrected chi connectivity index (χ1v) is 6.92. The number of anilines is 1. The van der Waals surface area contributed by atoms with E-state index in [9.17, 15) is 8.78 Å². The maximum absolute atomic E-state index is 14.0. The number of nitrogen functional groups attached to an aromatic ring is 1. The van der Waals surface area contributed by atoms with Crippen LogP contribution < -0.4 is 5.73 Å². The number of hydrogen-bond donors (Lipinski definition) is 2. The first kappa shape index (κ1) is 13.8. The van der Waals surface area contributed by atoms with Crippen LogP contribution in [0.4, 0.5) is 14.6 Å². The van der Waals surface area contributed by atoms with Gasteiger partial charge in [-0.3, -0.25) is 5.10 Å². The number of H-pyrrole nitrogens is 1. The van der Waals surface area contributed by atoms with Crippen LogP contribution in [-0.4, -0.2) is 10.2 Å². The van der Waals surface area contributed by atoms with Gasteiger partial charge in [-0.25, -0.2) is 8.78 Å². The van der Waals surface area contributed by atoms with Gasteiger partial charge in [-0.05, 0) is 28.1 Å². The van der Waals surface area contributed by atoms with Crippen LogP contribution in [0.15, 0.2) is 46.9 Å². The number of aromatic nitrogens is 2. The van der Waals surface area contributed by atoms with Crippen molar-refractivity contribution in [2.45, 2.75) is 0 Å². The molecule has 3 aromatic rings. The second-order valence-electron chi connectivity index (χ2n) is 4.44. The van der Waals surface area contributed by atoms with Gasteiger partial charge in [0, 0.05) is 11.1 Å². The van der Waals surface area contributed by atoms with E-state index in [1.54, 1.807) is 30.3 Å². The summed E-state index contributed by atoms with van der Waals surface area (Å²) in [4.78, 5) is 0. The molecule has 3 N–H and O–H groups in total. The maximum atomic E-state index is 14.0. The number of nitrogens with two attached hydrogens (primary N) is 1. The lowest BCUT2D eigenvalue weighted by atomic mass is 10.0. The molecule has 106 valence electrons. The summed E-state index contributed by atoms with van der Waals surface area (Å²) in [7, 11) is 0. The van der Waals surface area contributed by atoms with Crippen molar-refractivity contribution in [2.75, 3.05) is 5.73 Å². The van der Waals surface area contributed by atoms with E-state index < -0.39 is 11.6 Å². The lowest BCUT2D eigenvalue weighted by Crippen LogP contribution is -1.92. The van der Waals surface area contributed by atoms with Crippen LogP contribution in [0.3, 0.4) is 0 Å². The predicted molar refractivity (Wildman–Crippen MR) is 81.5 cm³/mol. The molecule has 3 rings (SSSR count). The standard InChI is InChI=1S/C15H10BrF2N3/c16-13-9(5-3-7-11(13)18)14-12(15(19)21-20-14)8-4-1-2-6-10(8)17/h1-7H,(H3,19,20,21). The Labute approximate surface area is 127 Å². The minimum atomic E-state index is -0.417. The minimum Gasteiger partial charge on any atom is -0.382 e. The molecule has 0 fully saturated rings. The highest BCUT2D eigenvalue weighted by atomic mass is 79.9. The van der Waals surface area contributed by atoms with E-state index in [4.69, 9.17) is 5.73 Å². The molecule has 0 aliphatic heterocycles.